The van der Waals surface area contributed by atoms with Crippen LogP contribution in [0.2, 0.25) is 0 Å². The third-order valence-electron chi connectivity index (χ3n) is 9.34. The number of nitrogens with zero attached hydrogens (tertiary/aromatic N) is 4. The zero-order chi connectivity index (χ0) is 30.2. The van der Waals surface area contributed by atoms with E-state index in [1.165, 1.54) is 48.9 Å². The highest BCUT2D eigenvalue weighted by molar-refractivity contribution is 6.30. The van der Waals surface area contributed by atoms with Crippen molar-refractivity contribution in [2.24, 2.45) is 0 Å². The minimum atomic E-state index is 0.663. The molecule has 7 aromatic carbocycles. The number of hydrogen-bond acceptors (Lipinski definition) is 2. The average molecular weight is 587 g/mol. The van der Waals surface area contributed by atoms with Crippen molar-refractivity contribution in [3.05, 3.63) is 158 Å². The Morgan fingerprint density at radius 3 is 2.00 bits per heavy atom. The van der Waals surface area contributed by atoms with Crippen LogP contribution in [0.3, 0.4) is 0 Å². The van der Waals surface area contributed by atoms with Crippen molar-refractivity contribution in [1.29, 1.82) is 0 Å². The second-order valence-corrected chi connectivity index (χ2v) is 11.9. The van der Waals surface area contributed by atoms with Gasteiger partial charge in [-0.2, -0.15) is 0 Å². The molecular formula is C42H26N4. The maximum atomic E-state index is 5.19. The zero-order valence-electron chi connectivity index (χ0n) is 24.8. The lowest BCUT2D eigenvalue weighted by Gasteiger charge is -2.10. The summed E-state index contributed by atoms with van der Waals surface area (Å²) >= 11 is 0. The average Bonchev–Trinajstić information content (AvgIpc) is 3.65. The fourth-order valence-corrected chi connectivity index (χ4v) is 7.32. The molecule has 0 saturated heterocycles. The molecule has 3 aromatic heterocycles. The van der Waals surface area contributed by atoms with Gasteiger partial charge in [-0.05, 0) is 58.3 Å². The molecule has 10 aromatic rings. The molecule has 0 bridgehead atoms. The monoisotopic (exact) mass is 586 g/mol. The highest BCUT2D eigenvalue weighted by Crippen LogP contribution is 2.43. The van der Waals surface area contributed by atoms with Crippen LogP contribution in [-0.4, -0.2) is 19.1 Å². The summed E-state index contributed by atoms with van der Waals surface area (Å²) in [6.07, 6.45) is 1.94. The van der Waals surface area contributed by atoms with E-state index in [0.717, 1.165) is 33.2 Å². The van der Waals surface area contributed by atoms with Crippen LogP contribution in [0.15, 0.2) is 158 Å². The van der Waals surface area contributed by atoms with E-state index in [1.807, 2.05) is 12.3 Å². The van der Waals surface area contributed by atoms with E-state index in [4.69, 9.17) is 9.97 Å². The van der Waals surface area contributed by atoms with E-state index >= 15 is 0 Å². The minimum Gasteiger partial charge on any atom is -0.309 e. The topological polar surface area (TPSA) is 35.6 Å². The van der Waals surface area contributed by atoms with Crippen molar-refractivity contribution in [1.82, 2.24) is 19.1 Å². The summed E-state index contributed by atoms with van der Waals surface area (Å²) < 4.78 is 4.66. The highest BCUT2D eigenvalue weighted by Gasteiger charge is 2.22. The van der Waals surface area contributed by atoms with Gasteiger partial charge in [-0.25, -0.2) is 9.97 Å². The first-order valence-electron chi connectivity index (χ1n) is 15.6. The van der Waals surface area contributed by atoms with Crippen LogP contribution < -0.4 is 0 Å². The molecule has 0 saturated carbocycles. The summed E-state index contributed by atoms with van der Waals surface area (Å²) in [6, 6.07) is 54.0. The van der Waals surface area contributed by atoms with Crippen molar-refractivity contribution in [2.75, 3.05) is 0 Å². The smallest absolute Gasteiger partial charge is 0.235 e. The number of aromatic nitrogens is 4. The first-order chi connectivity index (χ1) is 22.8. The second kappa shape index (κ2) is 9.62. The summed E-state index contributed by atoms with van der Waals surface area (Å²) in [7, 11) is 0. The molecule has 0 aliphatic rings. The summed E-state index contributed by atoms with van der Waals surface area (Å²) in [5, 5.41) is 8.39. The van der Waals surface area contributed by atoms with Gasteiger partial charge in [-0.3, -0.25) is 4.57 Å². The number of fused-ring (bicyclic) bond motifs is 10. The molecule has 0 amide bonds. The summed E-state index contributed by atoms with van der Waals surface area (Å²) in [5.41, 5.74) is 8.92. The Labute approximate surface area is 264 Å². The molecule has 4 heteroatoms. The normalized spacial score (nSPS) is 11.9. The molecule has 0 unspecified atom stereocenters. The van der Waals surface area contributed by atoms with Crippen LogP contribution in [0.1, 0.15) is 0 Å². The molecule has 10 rings (SSSR count). The summed E-state index contributed by atoms with van der Waals surface area (Å²) in [4.78, 5) is 10.1. The Balaban J connectivity index is 1.33. The molecule has 0 atom stereocenters. The fraction of sp³-hybridized carbons (Fsp3) is 0. The van der Waals surface area contributed by atoms with Gasteiger partial charge >= 0.3 is 0 Å². The van der Waals surface area contributed by atoms with Crippen molar-refractivity contribution in [3.8, 4) is 22.8 Å². The maximum absolute atomic E-state index is 5.19. The van der Waals surface area contributed by atoms with Crippen LogP contribution in [0.4, 0.5) is 0 Å². The summed E-state index contributed by atoms with van der Waals surface area (Å²) in [6.45, 7) is 0. The van der Waals surface area contributed by atoms with E-state index < -0.39 is 0 Å². The van der Waals surface area contributed by atoms with Gasteiger partial charge in [-0.15, -0.1) is 0 Å². The Morgan fingerprint density at radius 1 is 0.435 bits per heavy atom. The first-order valence-corrected chi connectivity index (χ1v) is 15.6. The van der Waals surface area contributed by atoms with E-state index in [2.05, 4.69) is 155 Å². The van der Waals surface area contributed by atoms with Crippen LogP contribution in [0.5, 0.6) is 0 Å². The Morgan fingerprint density at radius 2 is 1.13 bits per heavy atom. The van der Waals surface area contributed by atoms with Gasteiger partial charge in [0.2, 0.25) is 5.95 Å². The molecule has 0 N–H and O–H groups in total. The van der Waals surface area contributed by atoms with Crippen LogP contribution in [-0.2, 0) is 0 Å². The fourth-order valence-electron chi connectivity index (χ4n) is 7.32. The van der Waals surface area contributed by atoms with Gasteiger partial charge in [0.25, 0.3) is 0 Å². The van der Waals surface area contributed by atoms with Crippen molar-refractivity contribution >= 4 is 65.3 Å². The largest absolute Gasteiger partial charge is 0.309 e. The third-order valence-corrected chi connectivity index (χ3v) is 9.34. The molecule has 0 aliphatic carbocycles. The Kier molecular flexibility index (Phi) is 5.25. The van der Waals surface area contributed by atoms with Crippen molar-refractivity contribution in [2.45, 2.75) is 0 Å². The SMILES string of the molecule is c1ccc(-c2ccc3cnc(-n4c5ccccc5c5c4ccc4c6c7ccccc7ccc6n(-c6ccccc6)c45)nc3c2)cc1. The maximum Gasteiger partial charge on any atom is 0.235 e. The number of rotatable bonds is 3. The van der Waals surface area contributed by atoms with Gasteiger partial charge in [0.1, 0.15) is 0 Å². The van der Waals surface area contributed by atoms with Crippen LogP contribution in [0, 0.1) is 0 Å². The molecule has 0 fully saturated rings. The molecule has 0 aliphatic heterocycles. The Hall–Kier alpha value is -6.26. The van der Waals surface area contributed by atoms with E-state index in [0.29, 0.717) is 5.95 Å². The molecule has 0 radical (unpaired) electrons. The quantitative estimate of drug-likeness (QED) is 0.206. The van der Waals surface area contributed by atoms with Gasteiger partial charge in [0, 0.05) is 38.8 Å². The minimum absolute atomic E-state index is 0.663. The van der Waals surface area contributed by atoms with Crippen LogP contribution >= 0.6 is 0 Å². The number of para-hydroxylation sites is 2. The number of benzene rings is 7. The van der Waals surface area contributed by atoms with Crippen LogP contribution in [0.25, 0.3) is 88.0 Å². The van der Waals surface area contributed by atoms with Gasteiger partial charge in [0.15, 0.2) is 0 Å². The van der Waals surface area contributed by atoms with Gasteiger partial charge in [-0.1, -0.05) is 115 Å². The molecular weight excluding hydrogens is 560 g/mol. The lowest BCUT2D eigenvalue weighted by atomic mass is 10.0. The Bertz CT molecular complexity index is 2790. The molecule has 3 heterocycles. The number of hydrogen-bond donors (Lipinski definition) is 0. The zero-order valence-corrected chi connectivity index (χ0v) is 24.8. The predicted molar refractivity (Wildman–Crippen MR) is 191 cm³/mol. The van der Waals surface area contributed by atoms with Crippen molar-refractivity contribution in [3.63, 3.8) is 0 Å². The van der Waals surface area contributed by atoms with E-state index in [9.17, 15) is 0 Å². The second-order valence-electron chi connectivity index (χ2n) is 11.9. The third kappa shape index (κ3) is 3.55. The van der Waals surface area contributed by atoms with E-state index in [-0.39, 0.29) is 0 Å². The van der Waals surface area contributed by atoms with Gasteiger partial charge < -0.3 is 4.57 Å². The molecule has 0 spiro atoms. The highest BCUT2D eigenvalue weighted by atomic mass is 15.2. The first kappa shape index (κ1) is 25.1. The molecule has 4 nitrogen and oxygen atoms in total. The molecule has 46 heavy (non-hydrogen) atoms. The van der Waals surface area contributed by atoms with Gasteiger partial charge in [0.05, 0.1) is 27.6 Å². The lowest BCUT2D eigenvalue weighted by Crippen LogP contribution is -2.01. The standard InChI is InChI=1S/C42H26N4/c1-3-11-27(12-4-1)29-19-20-30-26-43-42(44-35(30)25-29)46-36-18-10-9-17-33(36)40-38(46)24-22-34-39-32-16-8-7-13-28(32)21-23-37(39)45(41(34)40)31-14-5-2-6-15-31/h1-26H. The molecule has 214 valence electrons. The predicted octanol–water partition coefficient (Wildman–Crippen LogP) is 10.6. The van der Waals surface area contributed by atoms with E-state index in [1.54, 1.807) is 0 Å². The van der Waals surface area contributed by atoms with Crippen molar-refractivity contribution < 1.29 is 0 Å². The summed E-state index contributed by atoms with van der Waals surface area (Å²) in [5.74, 6) is 0.663. The lowest BCUT2D eigenvalue weighted by molar-refractivity contribution is 1.01.